The summed E-state index contributed by atoms with van der Waals surface area (Å²) in [5, 5.41) is 0. The summed E-state index contributed by atoms with van der Waals surface area (Å²) in [4.78, 5) is 0. The van der Waals surface area contributed by atoms with E-state index in [1.54, 1.807) is 22.3 Å². The van der Waals surface area contributed by atoms with E-state index in [2.05, 4.69) is 26.0 Å². The van der Waals surface area contributed by atoms with Crippen LogP contribution in [0.1, 0.15) is 33.1 Å². The summed E-state index contributed by atoms with van der Waals surface area (Å²) in [6.45, 7) is 4.59. The second-order valence-electron chi connectivity index (χ2n) is 4.40. The average Bonchev–Trinajstić information content (AvgIpc) is 2.71. The fourth-order valence-corrected chi connectivity index (χ4v) is 8.49. The molecule has 3 heteroatoms. The number of hydrogen-bond donors (Lipinski definition) is 0. The van der Waals surface area contributed by atoms with Gasteiger partial charge in [-0.15, -0.1) is 0 Å². The maximum absolute atomic E-state index is 2.44. The van der Waals surface area contributed by atoms with Crippen LogP contribution in [0.5, 0.6) is 0 Å². The maximum atomic E-state index is 2.44. The summed E-state index contributed by atoms with van der Waals surface area (Å²) in [5.41, 5.74) is 6.64. The van der Waals surface area contributed by atoms with Crippen LogP contribution in [0.4, 0.5) is 0 Å². The van der Waals surface area contributed by atoms with Crippen molar-refractivity contribution in [2.45, 2.75) is 33.1 Å². The van der Waals surface area contributed by atoms with Crippen molar-refractivity contribution >= 4 is 0 Å². The van der Waals surface area contributed by atoms with Gasteiger partial charge in [0.2, 0.25) is 0 Å². The van der Waals surface area contributed by atoms with Crippen LogP contribution in [0.25, 0.3) is 0 Å². The molecule has 0 bridgehead atoms. The van der Waals surface area contributed by atoms with Gasteiger partial charge >= 0.3 is 97.1 Å². The molecule has 0 unspecified atom stereocenters. The molecule has 84 valence electrons. The monoisotopic (exact) mass is 420 g/mol. The summed E-state index contributed by atoms with van der Waals surface area (Å²) in [5.74, 6) is 0. The molecular formula is C13H14Cl2Hf. The zero-order valence-electron chi connectivity index (χ0n) is 9.53. The molecule has 0 fully saturated rings. The number of hydrogen-bond acceptors (Lipinski definition) is 0. The van der Waals surface area contributed by atoms with Crippen LogP contribution < -0.4 is 24.8 Å². The van der Waals surface area contributed by atoms with Crippen LogP contribution in [0.3, 0.4) is 0 Å². The largest absolute Gasteiger partial charge is 1.00 e. The molecule has 0 amide bonds. The second kappa shape index (κ2) is 5.37. The Morgan fingerprint density at radius 2 is 1.31 bits per heavy atom. The van der Waals surface area contributed by atoms with Gasteiger partial charge in [0.1, 0.15) is 0 Å². The van der Waals surface area contributed by atoms with Gasteiger partial charge < -0.3 is 24.8 Å². The third kappa shape index (κ3) is 2.19. The molecule has 0 aromatic carbocycles. The molecule has 0 saturated heterocycles. The van der Waals surface area contributed by atoms with E-state index >= 15 is 0 Å². The third-order valence-corrected chi connectivity index (χ3v) is 9.36. The molecule has 0 aromatic rings. The summed E-state index contributed by atoms with van der Waals surface area (Å²) < 4.78 is 3.79. The fraction of sp³-hybridized carbons (Fsp3) is 0.385. The van der Waals surface area contributed by atoms with Crippen LogP contribution in [-0.4, -0.2) is 0 Å². The number of rotatable bonds is 0. The standard InChI is InChI=1S/C13H14.2ClH.Hf/c1-10-5-3-7-12(10)9-13-8-4-6-11(13)2;;;/h5-6H,3-4,9H2,1-2H3;2*1H;/q;;;+2/p-2. The smallest absolute Gasteiger partial charge is 1.00 e. The zero-order valence-corrected chi connectivity index (χ0v) is 14.6. The van der Waals surface area contributed by atoms with E-state index in [-0.39, 0.29) is 24.8 Å². The Morgan fingerprint density at radius 1 is 0.875 bits per heavy atom. The van der Waals surface area contributed by atoms with Gasteiger partial charge in [0.05, 0.1) is 0 Å². The molecule has 1 heterocycles. The van der Waals surface area contributed by atoms with Crippen molar-refractivity contribution in [3.63, 3.8) is 0 Å². The van der Waals surface area contributed by atoms with Crippen molar-refractivity contribution in [1.82, 2.24) is 0 Å². The summed E-state index contributed by atoms with van der Waals surface area (Å²) >= 11 is -0.561. The number of allylic oxidation sites excluding steroid dienone is 8. The second-order valence-corrected chi connectivity index (χ2v) is 9.63. The topological polar surface area (TPSA) is 0 Å². The summed E-state index contributed by atoms with van der Waals surface area (Å²) in [6.07, 6.45) is 8.76. The molecule has 3 aliphatic rings. The summed E-state index contributed by atoms with van der Waals surface area (Å²) in [6, 6.07) is 0. The maximum Gasteiger partial charge on any atom is -1.00 e. The Balaban J connectivity index is 0.000000640. The third-order valence-electron chi connectivity index (χ3n) is 3.56. The molecule has 16 heavy (non-hydrogen) atoms. The van der Waals surface area contributed by atoms with E-state index in [0.29, 0.717) is 0 Å². The van der Waals surface area contributed by atoms with Gasteiger partial charge in [0, 0.05) is 0 Å². The van der Waals surface area contributed by atoms with Crippen molar-refractivity contribution < 1.29 is 47.7 Å². The Hall–Kier alpha value is 0.410. The van der Waals surface area contributed by atoms with Gasteiger partial charge in [-0.1, -0.05) is 0 Å². The predicted octanol–water partition coefficient (Wildman–Crippen LogP) is -2.31. The van der Waals surface area contributed by atoms with Gasteiger partial charge in [-0.2, -0.15) is 0 Å². The van der Waals surface area contributed by atoms with Crippen LogP contribution in [0.2, 0.25) is 0 Å². The molecular weight excluding hydrogens is 406 g/mol. The van der Waals surface area contributed by atoms with Gasteiger partial charge in [-0.25, -0.2) is 0 Å². The van der Waals surface area contributed by atoms with Gasteiger partial charge in [-0.05, 0) is 0 Å². The first kappa shape index (κ1) is 14.5. The minimum atomic E-state index is -0.561. The van der Waals surface area contributed by atoms with Crippen molar-refractivity contribution in [1.29, 1.82) is 0 Å². The molecule has 3 rings (SSSR count). The predicted molar refractivity (Wildman–Crippen MR) is 55.4 cm³/mol. The Kier molecular flexibility index (Phi) is 4.86. The van der Waals surface area contributed by atoms with Crippen LogP contribution >= 0.6 is 0 Å². The fourth-order valence-electron chi connectivity index (χ4n) is 2.58. The van der Waals surface area contributed by atoms with Gasteiger partial charge in [0.15, 0.2) is 0 Å². The van der Waals surface area contributed by atoms with Gasteiger partial charge in [0.25, 0.3) is 0 Å². The van der Waals surface area contributed by atoms with Crippen LogP contribution in [0, 0.1) is 0 Å². The van der Waals surface area contributed by atoms with Crippen molar-refractivity contribution in [3.8, 4) is 0 Å². The van der Waals surface area contributed by atoms with E-state index in [9.17, 15) is 0 Å². The Bertz CT molecular complexity index is 399. The Labute approximate surface area is 121 Å². The average molecular weight is 420 g/mol. The first-order valence-electron chi connectivity index (χ1n) is 5.31. The molecule has 0 saturated carbocycles. The zero-order chi connectivity index (χ0) is 9.71. The molecule has 0 radical (unpaired) electrons. The minimum Gasteiger partial charge on any atom is -1.00 e. The van der Waals surface area contributed by atoms with E-state index in [0.717, 1.165) is 0 Å². The molecule has 0 spiro atoms. The molecule has 0 aromatic heterocycles. The van der Waals surface area contributed by atoms with Crippen molar-refractivity contribution in [2.75, 3.05) is 0 Å². The molecule has 0 atom stereocenters. The number of halogens is 2. The minimum absolute atomic E-state index is 0. The SMILES string of the molecule is CC1=CC[C]2=C1CC1=[C](CC=C1C)[Hf+2]2.[Cl-].[Cl-]. The first-order chi connectivity index (χ1) is 6.75. The van der Waals surface area contributed by atoms with E-state index in [1.165, 1.54) is 19.3 Å². The van der Waals surface area contributed by atoms with E-state index in [4.69, 9.17) is 0 Å². The normalized spacial score (nSPS) is 20.9. The van der Waals surface area contributed by atoms with E-state index in [1.807, 2.05) is 6.66 Å². The van der Waals surface area contributed by atoms with Crippen molar-refractivity contribution in [2.24, 2.45) is 0 Å². The van der Waals surface area contributed by atoms with E-state index < -0.39 is 22.9 Å². The quantitative estimate of drug-likeness (QED) is 0.387. The van der Waals surface area contributed by atoms with Gasteiger partial charge in [-0.3, -0.25) is 0 Å². The van der Waals surface area contributed by atoms with Crippen molar-refractivity contribution in [3.05, 3.63) is 41.1 Å². The summed E-state index contributed by atoms with van der Waals surface area (Å²) in [7, 11) is 0. The first-order valence-corrected chi connectivity index (χ1v) is 8.90. The Morgan fingerprint density at radius 3 is 1.75 bits per heavy atom. The molecule has 0 nitrogen and oxygen atoms in total. The van der Waals surface area contributed by atoms with Crippen LogP contribution in [0.15, 0.2) is 41.1 Å². The molecule has 1 aliphatic heterocycles. The van der Waals surface area contributed by atoms with Crippen LogP contribution in [-0.2, 0) is 22.9 Å². The molecule has 0 N–H and O–H groups in total. The molecule has 2 aliphatic carbocycles.